The van der Waals surface area contributed by atoms with E-state index in [1.54, 1.807) is 6.07 Å². The van der Waals surface area contributed by atoms with Gasteiger partial charge in [0.1, 0.15) is 11.9 Å². The van der Waals surface area contributed by atoms with Gasteiger partial charge in [-0.1, -0.05) is 0 Å². The average Bonchev–Trinajstić information content (AvgIpc) is 2.66. The lowest BCUT2D eigenvalue weighted by Crippen LogP contribution is -2.03. The van der Waals surface area contributed by atoms with Crippen LogP contribution < -0.4 is 5.73 Å². The van der Waals surface area contributed by atoms with Crippen LogP contribution in [-0.4, -0.2) is 19.7 Å². The molecule has 14 heavy (non-hydrogen) atoms. The van der Waals surface area contributed by atoms with Gasteiger partial charge in [-0.3, -0.25) is 0 Å². The number of nitrogen functional groups attached to an aromatic ring is 1. The van der Waals surface area contributed by atoms with E-state index >= 15 is 0 Å². The second kappa shape index (κ2) is 3.14. The molecule has 0 aliphatic heterocycles. The van der Waals surface area contributed by atoms with Crippen molar-refractivity contribution in [2.45, 2.75) is 0 Å². The number of nitrogens with two attached hydrogens (primary N) is 1. The van der Waals surface area contributed by atoms with Crippen LogP contribution in [0, 0.1) is 11.3 Å². The zero-order valence-corrected chi connectivity index (χ0v) is 7.12. The molecule has 0 unspecified atom stereocenters. The first-order valence-electron chi connectivity index (χ1n) is 3.83. The number of nitrogens with zero attached hydrogens (tertiary/aromatic N) is 5. The third-order valence-electron chi connectivity index (χ3n) is 1.58. The molecule has 2 aromatic rings. The molecule has 2 rings (SSSR count). The Hall–Kier alpha value is -2.42. The lowest BCUT2D eigenvalue weighted by atomic mass is 10.4. The summed E-state index contributed by atoms with van der Waals surface area (Å²) < 4.78 is 1.40. The van der Waals surface area contributed by atoms with Crippen molar-refractivity contribution in [3.8, 4) is 12.0 Å². The molecule has 0 saturated carbocycles. The summed E-state index contributed by atoms with van der Waals surface area (Å²) in [6.07, 6.45) is 4.51. The molecule has 2 heterocycles. The smallest absolute Gasteiger partial charge is 0.252 e. The zero-order valence-electron chi connectivity index (χ0n) is 7.12. The van der Waals surface area contributed by atoms with Gasteiger partial charge in [-0.25, -0.2) is 9.67 Å². The van der Waals surface area contributed by atoms with Crippen LogP contribution in [-0.2, 0) is 0 Å². The minimum atomic E-state index is 0.353. The van der Waals surface area contributed by atoms with Crippen molar-refractivity contribution in [2.24, 2.45) is 0 Å². The van der Waals surface area contributed by atoms with Gasteiger partial charge < -0.3 is 5.73 Å². The van der Waals surface area contributed by atoms with E-state index in [4.69, 9.17) is 11.0 Å². The van der Waals surface area contributed by atoms with Crippen molar-refractivity contribution in [3.63, 3.8) is 0 Å². The fourth-order valence-corrected chi connectivity index (χ4v) is 0.962. The summed E-state index contributed by atoms with van der Waals surface area (Å²) in [5.41, 5.74) is 5.93. The lowest BCUT2D eigenvalue weighted by molar-refractivity contribution is 0.810. The number of nitriles is 1. The van der Waals surface area contributed by atoms with E-state index in [1.807, 2.05) is 6.07 Å². The lowest BCUT2D eigenvalue weighted by Gasteiger charge is -1.98. The maximum Gasteiger partial charge on any atom is 0.252 e. The van der Waals surface area contributed by atoms with Crippen LogP contribution >= 0.6 is 0 Å². The summed E-state index contributed by atoms with van der Waals surface area (Å²) in [6, 6.07) is 3.54. The molecule has 0 radical (unpaired) electrons. The maximum absolute atomic E-state index is 8.58. The quantitative estimate of drug-likeness (QED) is 0.682. The van der Waals surface area contributed by atoms with Gasteiger partial charge in [-0.15, -0.1) is 0 Å². The highest BCUT2D eigenvalue weighted by atomic mass is 15.3. The Balaban J connectivity index is 2.45. The SMILES string of the molecule is N#Cc1cnn(-c2nccc(N)n2)c1. The molecule has 68 valence electrons. The van der Waals surface area contributed by atoms with Crippen molar-refractivity contribution in [2.75, 3.05) is 5.73 Å². The molecule has 0 fully saturated rings. The predicted molar refractivity (Wildman–Crippen MR) is 48.3 cm³/mol. The molecule has 0 spiro atoms. The first-order chi connectivity index (χ1) is 6.79. The third-order valence-corrected chi connectivity index (χ3v) is 1.58. The Morgan fingerprint density at radius 2 is 2.36 bits per heavy atom. The van der Waals surface area contributed by atoms with Crippen LogP contribution in [0.1, 0.15) is 5.56 Å². The molecule has 0 amide bonds. The van der Waals surface area contributed by atoms with Crippen molar-refractivity contribution < 1.29 is 0 Å². The monoisotopic (exact) mass is 186 g/mol. The highest BCUT2D eigenvalue weighted by Gasteiger charge is 2.02. The Kier molecular flexibility index (Phi) is 1.84. The molecule has 0 saturated heterocycles. The normalized spacial score (nSPS) is 9.64. The molecule has 0 aromatic carbocycles. The van der Waals surface area contributed by atoms with Crippen LogP contribution in [0.15, 0.2) is 24.7 Å². The Labute approximate surface area is 79.6 Å². The number of hydrogen-bond acceptors (Lipinski definition) is 5. The first kappa shape index (κ1) is 8.19. The van der Waals surface area contributed by atoms with Crippen LogP contribution in [0.4, 0.5) is 5.82 Å². The summed E-state index contributed by atoms with van der Waals surface area (Å²) in [4.78, 5) is 7.91. The van der Waals surface area contributed by atoms with E-state index in [0.29, 0.717) is 17.3 Å². The molecule has 0 bridgehead atoms. The minimum Gasteiger partial charge on any atom is -0.384 e. The minimum absolute atomic E-state index is 0.353. The highest BCUT2D eigenvalue weighted by molar-refractivity contribution is 5.31. The molecular weight excluding hydrogens is 180 g/mol. The van der Waals surface area contributed by atoms with E-state index in [0.717, 1.165) is 0 Å². The van der Waals surface area contributed by atoms with Gasteiger partial charge in [-0.05, 0) is 6.07 Å². The highest BCUT2D eigenvalue weighted by Crippen LogP contribution is 2.03. The summed E-state index contributed by atoms with van der Waals surface area (Å²) in [5, 5.41) is 12.5. The van der Waals surface area contributed by atoms with E-state index in [1.165, 1.54) is 23.3 Å². The molecular formula is C8H6N6. The number of anilines is 1. The second-order valence-electron chi connectivity index (χ2n) is 2.57. The first-order valence-corrected chi connectivity index (χ1v) is 3.83. The Morgan fingerprint density at radius 1 is 1.50 bits per heavy atom. The van der Waals surface area contributed by atoms with Crippen molar-refractivity contribution in [1.82, 2.24) is 19.7 Å². The second-order valence-corrected chi connectivity index (χ2v) is 2.57. The Morgan fingerprint density at radius 3 is 3.00 bits per heavy atom. The van der Waals surface area contributed by atoms with Crippen LogP contribution in [0.2, 0.25) is 0 Å². The molecule has 2 aromatic heterocycles. The fraction of sp³-hybridized carbons (Fsp3) is 0. The van der Waals surface area contributed by atoms with Crippen molar-refractivity contribution in [3.05, 3.63) is 30.2 Å². The number of rotatable bonds is 1. The van der Waals surface area contributed by atoms with Crippen molar-refractivity contribution in [1.29, 1.82) is 5.26 Å². The molecule has 0 aliphatic carbocycles. The van der Waals surface area contributed by atoms with E-state index in [2.05, 4.69) is 15.1 Å². The van der Waals surface area contributed by atoms with Gasteiger partial charge in [0.05, 0.1) is 18.0 Å². The molecule has 0 aliphatic rings. The van der Waals surface area contributed by atoms with Gasteiger partial charge in [-0.2, -0.15) is 15.3 Å². The summed E-state index contributed by atoms with van der Waals surface area (Å²) in [7, 11) is 0. The molecule has 6 nitrogen and oxygen atoms in total. The molecule has 2 N–H and O–H groups in total. The van der Waals surface area contributed by atoms with Crippen LogP contribution in [0.5, 0.6) is 0 Å². The van der Waals surface area contributed by atoms with Gasteiger partial charge in [0.2, 0.25) is 0 Å². The maximum atomic E-state index is 8.58. The summed E-state index contributed by atoms with van der Waals surface area (Å²) in [5.74, 6) is 0.718. The van der Waals surface area contributed by atoms with E-state index in [9.17, 15) is 0 Å². The van der Waals surface area contributed by atoms with Crippen LogP contribution in [0.25, 0.3) is 5.95 Å². The average molecular weight is 186 g/mol. The number of hydrogen-bond donors (Lipinski definition) is 1. The van der Waals surface area contributed by atoms with Gasteiger partial charge in [0.15, 0.2) is 0 Å². The Bertz CT molecular complexity index is 495. The third kappa shape index (κ3) is 1.38. The standard InChI is InChI=1S/C8H6N6/c9-3-6-4-12-14(5-6)8-11-2-1-7(10)13-8/h1-2,4-5H,(H2,10,11,13). The predicted octanol–water partition coefficient (Wildman–Crippen LogP) is 0.116. The van der Waals surface area contributed by atoms with Crippen molar-refractivity contribution >= 4 is 5.82 Å². The largest absolute Gasteiger partial charge is 0.384 e. The van der Waals surface area contributed by atoms with Gasteiger partial charge in [0.25, 0.3) is 5.95 Å². The van der Waals surface area contributed by atoms with E-state index < -0.39 is 0 Å². The summed E-state index contributed by atoms with van der Waals surface area (Å²) in [6.45, 7) is 0. The zero-order chi connectivity index (χ0) is 9.97. The van der Waals surface area contributed by atoms with E-state index in [-0.39, 0.29) is 0 Å². The molecule has 0 atom stereocenters. The summed E-state index contributed by atoms with van der Waals surface area (Å²) >= 11 is 0. The van der Waals surface area contributed by atoms with Crippen LogP contribution in [0.3, 0.4) is 0 Å². The van der Waals surface area contributed by atoms with Gasteiger partial charge >= 0.3 is 0 Å². The molecule has 6 heteroatoms. The topological polar surface area (TPSA) is 93.4 Å². The number of aromatic nitrogens is 4. The fourth-order valence-electron chi connectivity index (χ4n) is 0.962. The van der Waals surface area contributed by atoms with Gasteiger partial charge in [0, 0.05) is 6.20 Å².